The predicted molar refractivity (Wildman–Crippen MR) is 76.0 cm³/mol. The first-order valence-corrected chi connectivity index (χ1v) is 7.50. The molecule has 0 aliphatic carbocycles. The molecule has 0 saturated heterocycles. The van der Waals surface area contributed by atoms with Crippen LogP contribution in [0.15, 0.2) is 45.4 Å². The number of rotatable bonds is 4. The molecule has 20 heavy (non-hydrogen) atoms. The largest absolute Gasteiger partial charge is 0.409 e. The second-order valence-electron chi connectivity index (χ2n) is 3.70. The van der Waals surface area contributed by atoms with E-state index in [-0.39, 0.29) is 22.1 Å². The number of nitrogens with zero attached hydrogens (tertiary/aromatic N) is 2. The molecule has 0 radical (unpaired) electrons. The molecule has 8 nitrogen and oxygen atoms in total. The van der Waals surface area contributed by atoms with Gasteiger partial charge in [-0.2, -0.15) is 8.42 Å². The minimum atomic E-state index is -3.82. The number of halogens is 1. The summed E-state index contributed by atoms with van der Waals surface area (Å²) in [6.07, 6.45) is 2.42. The summed E-state index contributed by atoms with van der Waals surface area (Å²) < 4.78 is 27.1. The average Bonchev–Trinajstić information content (AvgIpc) is 2.94. The van der Waals surface area contributed by atoms with Gasteiger partial charge in [0.25, 0.3) is 10.0 Å². The highest BCUT2D eigenvalue weighted by Crippen LogP contribution is 2.23. The molecule has 2 rings (SSSR count). The van der Waals surface area contributed by atoms with Crippen molar-refractivity contribution in [2.45, 2.75) is 5.03 Å². The van der Waals surface area contributed by atoms with E-state index < -0.39 is 10.0 Å². The molecule has 2 aromatic rings. The van der Waals surface area contributed by atoms with Crippen molar-refractivity contribution in [2.75, 3.05) is 4.72 Å². The highest BCUT2D eigenvalue weighted by Gasteiger charge is 2.18. The lowest BCUT2D eigenvalue weighted by molar-refractivity contribution is 0.318. The number of sulfonamides is 1. The lowest BCUT2D eigenvalue weighted by Gasteiger charge is -2.11. The van der Waals surface area contributed by atoms with Crippen LogP contribution in [0.4, 0.5) is 5.69 Å². The van der Waals surface area contributed by atoms with E-state index in [0.29, 0.717) is 4.47 Å². The first-order valence-electron chi connectivity index (χ1n) is 5.22. The summed E-state index contributed by atoms with van der Waals surface area (Å²) in [4.78, 5) is 6.14. The lowest BCUT2D eigenvalue weighted by atomic mass is 10.2. The van der Waals surface area contributed by atoms with Crippen molar-refractivity contribution >= 4 is 37.5 Å². The van der Waals surface area contributed by atoms with Gasteiger partial charge >= 0.3 is 0 Å². The average molecular weight is 360 g/mol. The van der Waals surface area contributed by atoms with Gasteiger partial charge in [-0.3, -0.25) is 4.72 Å². The number of nitrogens with one attached hydrogen (secondary N) is 2. The Kier molecular flexibility index (Phi) is 3.95. The number of hydrogen-bond acceptors (Lipinski definition) is 5. The Morgan fingerprint density at radius 2 is 2.25 bits per heavy atom. The highest BCUT2D eigenvalue weighted by molar-refractivity contribution is 9.10. The number of oxime groups is 1. The molecule has 0 aliphatic rings. The summed E-state index contributed by atoms with van der Waals surface area (Å²) in [5.41, 5.74) is 5.95. The second-order valence-corrected chi connectivity index (χ2v) is 6.26. The molecule has 0 amide bonds. The molecule has 1 aromatic carbocycles. The smallest absolute Gasteiger partial charge is 0.278 e. The molecule has 0 spiro atoms. The van der Waals surface area contributed by atoms with Gasteiger partial charge < -0.3 is 15.9 Å². The van der Waals surface area contributed by atoms with Crippen molar-refractivity contribution in [3.63, 3.8) is 0 Å². The molecule has 1 aromatic heterocycles. The van der Waals surface area contributed by atoms with E-state index >= 15 is 0 Å². The number of amidine groups is 1. The number of benzene rings is 1. The molecule has 0 aliphatic heterocycles. The van der Waals surface area contributed by atoms with Crippen LogP contribution in [0.3, 0.4) is 0 Å². The molecular weight excluding hydrogens is 350 g/mol. The van der Waals surface area contributed by atoms with Gasteiger partial charge in [-0.25, -0.2) is 4.98 Å². The molecule has 5 N–H and O–H groups in total. The molecule has 10 heteroatoms. The van der Waals surface area contributed by atoms with Crippen LogP contribution in [-0.4, -0.2) is 29.4 Å². The van der Waals surface area contributed by atoms with E-state index in [1.165, 1.54) is 24.7 Å². The fraction of sp³-hybridized carbons (Fsp3) is 0. The Morgan fingerprint density at radius 1 is 1.50 bits per heavy atom. The molecule has 1 heterocycles. The standard InChI is InChI=1S/C10H10BrN5O3S/c11-6-1-2-8(7(3-6)10(12)15-17)16-20(18,19)9-4-13-5-14-9/h1-5,16-17H,(H2,12,15)(H,13,14). The monoisotopic (exact) mass is 359 g/mol. The van der Waals surface area contributed by atoms with Crippen molar-refractivity contribution in [3.8, 4) is 0 Å². The maximum absolute atomic E-state index is 12.1. The van der Waals surface area contributed by atoms with Crippen LogP contribution in [-0.2, 0) is 10.0 Å². The van der Waals surface area contributed by atoms with E-state index in [9.17, 15) is 8.42 Å². The van der Waals surface area contributed by atoms with E-state index in [4.69, 9.17) is 10.9 Å². The quantitative estimate of drug-likeness (QED) is 0.280. The molecule has 106 valence electrons. The normalized spacial score (nSPS) is 12.3. The molecule has 0 atom stereocenters. The van der Waals surface area contributed by atoms with Gasteiger partial charge in [0, 0.05) is 10.0 Å². The second kappa shape index (κ2) is 5.51. The molecule has 0 saturated carbocycles. The van der Waals surface area contributed by atoms with Crippen molar-refractivity contribution in [3.05, 3.63) is 40.8 Å². The minimum Gasteiger partial charge on any atom is -0.409 e. The van der Waals surface area contributed by atoms with Crippen LogP contribution in [0.2, 0.25) is 0 Å². The third kappa shape index (κ3) is 2.91. The first kappa shape index (κ1) is 14.3. The fourth-order valence-corrected chi connectivity index (χ4v) is 2.81. The Balaban J connectivity index is 2.45. The summed E-state index contributed by atoms with van der Waals surface area (Å²) in [5.74, 6) is -0.214. The van der Waals surface area contributed by atoms with Crippen molar-refractivity contribution in [1.29, 1.82) is 0 Å². The topological polar surface area (TPSA) is 133 Å². The van der Waals surface area contributed by atoms with Crippen LogP contribution in [0, 0.1) is 0 Å². The van der Waals surface area contributed by atoms with Crippen LogP contribution in [0.5, 0.6) is 0 Å². The number of H-pyrrole nitrogens is 1. The van der Waals surface area contributed by atoms with Gasteiger partial charge in [-0.1, -0.05) is 21.1 Å². The minimum absolute atomic E-state index is 0.0918. The predicted octanol–water partition coefficient (Wildman–Crippen LogP) is 1.07. The zero-order valence-corrected chi connectivity index (χ0v) is 12.3. The van der Waals surface area contributed by atoms with Crippen LogP contribution >= 0.6 is 15.9 Å². The zero-order chi connectivity index (χ0) is 14.8. The van der Waals surface area contributed by atoms with Gasteiger partial charge in [0.15, 0.2) is 10.9 Å². The summed E-state index contributed by atoms with van der Waals surface area (Å²) in [7, 11) is -3.82. The number of anilines is 1. The number of nitrogens with two attached hydrogens (primary N) is 1. The fourth-order valence-electron chi connectivity index (χ4n) is 1.46. The van der Waals surface area contributed by atoms with Gasteiger partial charge in [0.05, 0.1) is 18.2 Å². The number of aromatic amines is 1. The van der Waals surface area contributed by atoms with Gasteiger partial charge in [0.2, 0.25) is 0 Å². The molecule has 0 fully saturated rings. The van der Waals surface area contributed by atoms with E-state index in [1.807, 2.05) is 0 Å². The Labute approximate surface area is 122 Å². The SMILES string of the molecule is N/C(=N/O)c1cc(Br)ccc1NS(=O)(=O)c1cnc[nH]1. The summed E-state index contributed by atoms with van der Waals surface area (Å²) in [6.45, 7) is 0. The third-order valence-corrected chi connectivity index (χ3v) is 4.16. The molecular formula is C10H10BrN5O3S. The highest BCUT2D eigenvalue weighted by atomic mass is 79.9. The number of imidazole rings is 1. The van der Waals surface area contributed by atoms with Gasteiger partial charge in [-0.05, 0) is 18.2 Å². The van der Waals surface area contributed by atoms with Crippen molar-refractivity contribution < 1.29 is 13.6 Å². The first-order chi connectivity index (χ1) is 9.44. The number of hydrogen-bond donors (Lipinski definition) is 4. The van der Waals surface area contributed by atoms with Crippen molar-refractivity contribution in [1.82, 2.24) is 9.97 Å². The maximum atomic E-state index is 12.1. The van der Waals surface area contributed by atoms with E-state index in [1.54, 1.807) is 6.07 Å². The van der Waals surface area contributed by atoms with E-state index in [2.05, 4.69) is 35.8 Å². The summed E-state index contributed by atoms with van der Waals surface area (Å²) >= 11 is 3.23. The molecule has 0 unspecified atom stereocenters. The zero-order valence-electron chi connectivity index (χ0n) is 9.91. The van der Waals surface area contributed by atoms with Gasteiger partial charge in [-0.15, -0.1) is 0 Å². The summed E-state index contributed by atoms with van der Waals surface area (Å²) in [6, 6.07) is 4.64. The lowest BCUT2D eigenvalue weighted by Crippen LogP contribution is -2.19. The Hall–Kier alpha value is -2.07. The van der Waals surface area contributed by atoms with Crippen LogP contribution in [0.1, 0.15) is 5.56 Å². The maximum Gasteiger partial charge on any atom is 0.278 e. The van der Waals surface area contributed by atoms with E-state index in [0.717, 1.165) is 0 Å². The van der Waals surface area contributed by atoms with Crippen LogP contribution in [0.25, 0.3) is 0 Å². The number of aromatic nitrogens is 2. The Bertz CT molecular complexity index is 742. The molecule has 0 bridgehead atoms. The van der Waals surface area contributed by atoms with Crippen molar-refractivity contribution in [2.24, 2.45) is 10.9 Å². The summed E-state index contributed by atoms with van der Waals surface area (Å²) in [5, 5.41) is 11.5. The Morgan fingerprint density at radius 3 is 2.85 bits per heavy atom. The van der Waals surface area contributed by atoms with Gasteiger partial charge in [0.1, 0.15) is 0 Å². The van der Waals surface area contributed by atoms with Crippen LogP contribution < -0.4 is 10.5 Å². The third-order valence-electron chi connectivity index (χ3n) is 2.37.